The molecule has 1 N–H and O–H groups in total. The van der Waals surface area contributed by atoms with Crippen LogP contribution in [0.25, 0.3) is 0 Å². The summed E-state index contributed by atoms with van der Waals surface area (Å²) in [7, 11) is 0. The van der Waals surface area contributed by atoms with E-state index in [-0.39, 0.29) is 11.8 Å². The van der Waals surface area contributed by atoms with Gasteiger partial charge in [0, 0.05) is 5.56 Å². The van der Waals surface area contributed by atoms with Crippen molar-refractivity contribution in [2.75, 3.05) is 26.2 Å². The van der Waals surface area contributed by atoms with E-state index in [0.717, 1.165) is 43.7 Å². The summed E-state index contributed by atoms with van der Waals surface area (Å²) in [5.74, 6) is 0.190. The highest BCUT2D eigenvalue weighted by Gasteiger charge is 2.16. The average molecular weight is 290 g/mol. The molecule has 0 aliphatic rings. The van der Waals surface area contributed by atoms with E-state index < -0.39 is 0 Å². The molecule has 0 spiro atoms. The highest BCUT2D eigenvalue weighted by atomic mass is 16.1. The second-order valence-corrected chi connectivity index (χ2v) is 5.74. The average Bonchev–Trinajstić information content (AvgIpc) is 2.46. The van der Waals surface area contributed by atoms with Crippen molar-refractivity contribution >= 4 is 5.78 Å². The Balaban J connectivity index is 2.44. The summed E-state index contributed by atoms with van der Waals surface area (Å²) in [4.78, 5) is 14.8. The fraction of sp³-hybridized carbons (Fsp3) is 0.611. The standard InChI is InChI=1S/C18H30N2O/c1-6-20(7-2)12-8-11-19-16(5)18(21)17-10-9-14(3)13-15(17)4/h9-10,13,16,19H,6-8,11-12H2,1-5H3. The van der Waals surface area contributed by atoms with Crippen molar-refractivity contribution in [3.8, 4) is 0 Å². The first-order chi connectivity index (χ1) is 9.99. The SMILES string of the molecule is CCN(CC)CCCNC(C)C(=O)c1ccc(C)cc1C. The van der Waals surface area contributed by atoms with Crippen LogP contribution in [0.1, 0.15) is 48.7 Å². The number of ketones is 1. The molecular weight excluding hydrogens is 260 g/mol. The van der Waals surface area contributed by atoms with E-state index in [1.54, 1.807) is 0 Å². The molecule has 1 aromatic rings. The van der Waals surface area contributed by atoms with E-state index in [1.807, 2.05) is 26.0 Å². The van der Waals surface area contributed by atoms with Gasteiger partial charge in [-0.15, -0.1) is 0 Å². The molecule has 1 rings (SSSR count). The highest BCUT2D eigenvalue weighted by molar-refractivity contribution is 6.01. The zero-order valence-electron chi connectivity index (χ0n) is 14.2. The van der Waals surface area contributed by atoms with E-state index in [9.17, 15) is 4.79 Å². The molecular formula is C18H30N2O. The lowest BCUT2D eigenvalue weighted by atomic mass is 9.98. The second-order valence-electron chi connectivity index (χ2n) is 5.74. The minimum Gasteiger partial charge on any atom is -0.307 e. The smallest absolute Gasteiger partial charge is 0.179 e. The molecule has 1 aromatic carbocycles. The van der Waals surface area contributed by atoms with Gasteiger partial charge in [0.05, 0.1) is 6.04 Å². The molecule has 0 saturated heterocycles. The van der Waals surface area contributed by atoms with Crippen molar-refractivity contribution in [3.63, 3.8) is 0 Å². The van der Waals surface area contributed by atoms with Crippen LogP contribution >= 0.6 is 0 Å². The van der Waals surface area contributed by atoms with E-state index in [4.69, 9.17) is 0 Å². The van der Waals surface area contributed by atoms with Gasteiger partial charge in [0.15, 0.2) is 5.78 Å². The zero-order chi connectivity index (χ0) is 15.8. The molecule has 0 fully saturated rings. The molecule has 0 aliphatic heterocycles. The quantitative estimate of drug-likeness (QED) is 0.560. The van der Waals surface area contributed by atoms with Gasteiger partial charge in [0.25, 0.3) is 0 Å². The van der Waals surface area contributed by atoms with Gasteiger partial charge < -0.3 is 10.2 Å². The Bertz CT molecular complexity index is 453. The minimum atomic E-state index is -0.122. The van der Waals surface area contributed by atoms with Crippen LogP contribution in [0, 0.1) is 13.8 Å². The molecule has 0 amide bonds. The fourth-order valence-corrected chi connectivity index (χ4v) is 2.58. The monoisotopic (exact) mass is 290 g/mol. The predicted molar refractivity (Wildman–Crippen MR) is 90.1 cm³/mol. The molecule has 0 radical (unpaired) electrons. The van der Waals surface area contributed by atoms with Crippen molar-refractivity contribution in [1.29, 1.82) is 0 Å². The van der Waals surface area contributed by atoms with Gasteiger partial charge in [-0.1, -0.05) is 37.6 Å². The Morgan fingerprint density at radius 2 is 1.90 bits per heavy atom. The molecule has 3 nitrogen and oxygen atoms in total. The Kier molecular flexibility index (Phi) is 7.62. The maximum Gasteiger partial charge on any atom is 0.179 e. The highest BCUT2D eigenvalue weighted by Crippen LogP contribution is 2.12. The van der Waals surface area contributed by atoms with E-state index in [2.05, 4.69) is 37.1 Å². The van der Waals surface area contributed by atoms with E-state index >= 15 is 0 Å². The normalized spacial score (nSPS) is 12.7. The second kappa shape index (κ2) is 8.96. The lowest BCUT2D eigenvalue weighted by molar-refractivity contribution is 0.0950. The largest absolute Gasteiger partial charge is 0.307 e. The predicted octanol–water partition coefficient (Wildman–Crippen LogP) is 3.20. The molecule has 3 heteroatoms. The molecule has 0 aromatic heterocycles. The minimum absolute atomic E-state index is 0.122. The zero-order valence-corrected chi connectivity index (χ0v) is 14.2. The summed E-state index contributed by atoms with van der Waals surface area (Å²) < 4.78 is 0. The summed E-state index contributed by atoms with van der Waals surface area (Å²) in [6.45, 7) is 14.5. The first-order valence-electron chi connectivity index (χ1n) is 8.06. The van der Waals surface area contributed by atoms with Gasteiger partial charge >= 0.3 is 0 Å². The van der Waals surface area contributed by atoms with E-state index in [1.165, 1.54) is 5.56 Å². The van der Waals surface area contributed by atoms with Gasteiger partial charge in [-0.3, -0.25) is 4.79 Å². The van der Waals surface area contributed by atoms with Gasteiger partial charge in [-0.2, -0.15) is 0 Å². The number of hydrogen-bond donors (Lipinski definition) is 1. The van der Waals surface area contributed by atoms with Crippen molar-refractivity contribution in [1.82, 2.24) is 10.2 Å². The molecule has 0 bridgehead atoms. The lowest BCUT2D eigenvalue weighted by Gasteiger charge is -2.19. The summed E-state index contributed by atoms with van der Waals surface area (Å²) in [5, 5.41) is 3.35. The van der Waals surface area contributed by atoms with Crippen LogP contribution in [-0.4, -0.2) is 42.9 Å². The van der Waals surface area contributed by atoms with Crippen LogP contribution in [-0.2, 0) is 0 Å². The molecule has 1 atom stereocenters. The van der Waals surface area contributed by atoms with Gasteiger partial charge in [0.2, 0.25) is 0 Å². The van der Waals surface area contributed by atoms with Gasteiger partial charge in [0.1, 0.15) is 0 Å². The number of nitrogens with one attached hydrogen (secondary N) is 1. The van der Waals surface area contributed by atoms with Gasteiger partial charge in [-0.25, -0.2) is 0 Å². The number of nitrogens with zero attached hydrogens (tertiary/aromatic N) is 1. The Morgan fingerprint density at radius 3 is 2.48 bits per heavy atom. The third kappa shape index (κ3) is 5.60. The number of carbonyl (C=O) groups is 1. The molecule has 0 aliphatic carbocycles. The topological polar surface area (TPSA) is 32.3 Å². The fourth-order valence-electron chi connectivity index (χ4n) is 2.58. The van der Waals surface area contributed by atoms with Crippen molar-refractivity contribution < 1.29 is 4.79 Å². The number of aryl methyl sites for hydroxylation is 2. The summed E-state index contributed by atoms with van der Waals surface area (Å²) >= 11 is 0. The van der Waals surface area contributed by atoms with E-state index in [0.29, 0.717) is 0 Å². The summed E-state index contributed by atoms with van der Waals surface area (Å²) in [6.07, 6.45) is 1.08. The Morgan fingerprint density at radius 1 is 1.24 bits per heavy atom. The molecule has 21 heavy (non-hydrogen) atoms. The summed E-state index contributed by atoms with van der Waals surface area (Å²) in [5.41, 5.74) is 3.10. The number of benzene rings is 1. The first kappa shape index (κ1) is 17.9. The summed E-state index contributed by atoms with van der Waals surface area (Å²) in [6, 6.07) is 5.90. The maximum absolute atomic E-state index is 12.4. The molecule has 0 heterocycles. The van der Waals surface area contributed by atoms with Crippen molar-refractivity contribution in [2.45, 2.75) is 47.1 Å². The lowest BCUT2D eigenvalue weighted by Crippen LogP contribution is -2.36. The van der Waals surface area contributed by atoms with Crippen LogP contribution in [0.5, 0.6) is 0 Å². The number of carbonyl (C=O) groups excluding carboxylic acids is 1. The van der Waals surface area contributed by atoms with Crippen LogP contribution in [0.15, 0.2) is 18.2 Å². The third-order valence-corrected chi connectivity index (χ3v) is 4.04. The number of rotatable bonds is 9. The van der Waals surface area contributed by atoms with Crippen molar-refractivity contribution in [3.05, 3.63) is 34.9 Å². The Hall–Kier alpha value is -1.19. The number of hydrogen-bond acceptors (Lipinski definition) is 3. The molecule has 1 unspecified atom stereocenters. The first-order valence-corrected chi connectivity index (χ1v) is 8.06. The number of Topliss-reactive ketones (excluding diaryl/α,β-unsaturated/α-hetero) is 1. The van der Waals surface area contributed by atoms with Crippen LogP contribution in [0.2, 0.25) is 0 Å². The van der Waals surface area contributed by atoms with Crippen LogP contribution in [0.4, 0.5) is 0 Å². The molecule has 118 valence electrons. The van der Waals surface area contributed by atoms with Gasteiger partial charge in [-0.05, 0) is 58.9 Å². The third-order valence-electron chi connectivity index (χ3n) is 4.04. The van der Waals surface area contributed by atoms with Crippen LogP contribution in [0.3, 0.4) is 0 Å². The van der Waals surface area contributed by atoms with Crippen molar-refractivity contribution in [2.24, 2.45) is 0 Å². The maximum atomic E-state index is 12.4. The molecule has 0 saturated carbocycles. The van der Waals surface area contributed by atoms with Crippen LogP contribution < -0.4 is 5.32 Å². The Labute approximate surface area is 129 Å².